The maximum absolute atomic E-state index is 14.1. The second-order valence-corrected chi connectivity index (χ2v) is 12.3. The summed E-state index contributed by atoms with van der Waals surface area (Å²) in [4.78, 5) is 37.6. The molecule has 6 rings (SSSR count). The average molecular weight is 687 g/mol. The summed E-state index contributed by atoms with van der Waals surface area (Å²) >= 11 is 0. The molecule has 0 saturated carbocycles. The summed E-state index contributed by atoms with van der Waals surface area (Å²) in [6.45, 7) is 11.7. The first-order valence-corrected chi connectivity index (χ1v) is 16.8. The fraction of sp³-hybridized carbons (Fsp3) is 0.361. The first kappa shape index (κ1) is 34.9. The molecule has 0 aliphatic carbocycles. The van der Waals surface area contributed by atoms with E-state index in [1.165, 1.54) is 12.1 Å². The smallest absolute Gasteiger partial charge is 0.354 e. The molecule has 2 aliphatic rings. The Morgan fingerprint density at radius 2 is 1.68 bits per heavy atom. The van der Waals surface area contributed by atoms with Crippen LogP contribution in [0.2, 0.25) is 0 Å². The molecule has 4 aromatic rings. The van der Waals surface area contributed by atoms with Crippen molar-refractivity contribution in [2.45, 2.75) is 26.6 Å². The Labute approximate surface area is 289 Å². The number of nitrogens with one attached hydrogen (secondary N) is 3. The molecule has 11 nitrogen and oxygen atoms in total. The lowest BCUT2D eigenvalue weighted by atomic mass is 10.0. The number of hydrogen-bond donors (Lipinski definition) is 3. The molecule has 0 atom stereocenters. The Bertz CT molecular complexity index is 1800. The van der Waals surface area contributed by atoms with Crippen LogP contribution in [0.25, 0.3) is 12.2 Å². The molecule has 4 heterocycles. The van der Waals surface area contributed by atoms with Crippen LogP contribution in [0.15, 0.2) is 60.9 Å². The fourth-order valence-electron chi connectivity index (χ4n) is 6.02. The SMILES string of the molecule is CCN1CCN(Cc2ccc(NC(=O)c3cccc(/C=C/c4cnc(Nc5cc(N6CCNCC6)nc(C)n5)cn4)c3)cc2C(F)(F)F)CC1. The maximum atomic E-state index is 14.1. The van der Waals surface area contributed by atoms with E-state index >= 15 is 0 Å². The van der Waals surface area contributed by atoms with Crippen molar-refractivity contribution in [3.63, 3.8) is 0 Å². The van der Waals surface area contributed by atoms with E-state index in [0.717, 1.165) is 57.7 Å². The van der Waals surface area contributed by atoms with Crippen LogP contribution < -0.4 is 20.9 Å². The van der Waals surface area contributed by atoms with Crippen molar-refractivity contribution in [1.82, 2.24) is 35.1 Å². The Morgan fingerprint density at radius 1 is 0.900 bits per heavy atom. The van der Waals surface area contributed by atoms with Crippen LogP contribution in [0.4, 0.5) is 36.3 Å². The van der Waals surface area contributed by atoms with Gasteiger partial charge in [0.2, 0.25) is 0 Å². The molecule has 2 aromatic carbocycles. The topological polar surface area (TPSA) is 114 Å². The third kappa shape index (κ3) is 9.20. The van der Waals surface area contributed by atoms with Crippen molar-refractivity contribution in [2.75, 3.05) is 74.4 Å². The van der Waals surface area contributed by atoms with E-state index < -0.39 is 17.6 Å². The van der Waals surface area contributed by atoms with Crippen LogP contribution in [0.1, 0.15) is 45.5 Å². The number of nitrogens with zero attached hydrogens (tertiary/aromatic N) is 7. The first-order valence-electron chi connectivity index (χ1n) is 16.8. The largest absolute Gasteiger partial charge is 0.416 e. The number of aryl methyl sites for hydroxylation is 1. The number of anilines is 4. The molecule has 14 heteroatoms. The highest BCUT2D eigenvalue weighted by molar-refractivity contribution is 6.04. The summed E-state index contributed by atoms with van der Waals surface area (Å²) in [6, 6.07) is 12.7. The van der Waals surface area contributed by atoms with Crippen LogP contribution in [0.5, 0.6) is 0 Å². The molecule has 1 amide bonds. The maximum Gasteiger partial charge on any atom is 0.416 e. The predicted molar refractivity (Wildman–Crippen MR) is 189 cm³/mol. The third-order valence-electron chi connectivity index (χ3n) is 8.77. The van der Waals surface area contributed by atoms with Crippen molar-refractivity contribution in [3.05, 3.63) is 94.7 Å². The van der Waals surface area contributed by atoms with Gasteiger partial charge in [0, 0.05) is 76.2 Å². The number of benzene rings is 2. The van der Waals surface area contributed by atoms with Gasteiger partial charge in [-0.25, -0.2) is 15.0 Å². The summed E-state index contributed by atoms with van der Waals surface area (Å²) < 4.78 is 42.2. The first-order chi connectivity index (χ1) is 24.1. The number of likely N-dealkylation sites (N-methyl/N-ethyl adjacent to an activating group) is 1. The van der Waals surface area contributed by atoms with Crippen LogP contribution >= 0.6 is 0 Å². The highest BCUT2D eigenvalue weighted by Crippen LogP contribution is 2.35. The van der Waals surface area contributed by atoms with Crippen molar-refractivity contribution < 1.29 is 18.0 Å². The summed E-state index contributed by atoms with van der Waals surface area (Å²) in [6.07, 6.45) is 2.23. The van der Waals surface area contributed by atoms with Gasteiger partial charge in [0.05, 0.1) is 23.7 Å². The van der Waals surface area contributed by atoms with Crippen LogP contribution in [-0.2, 0) is 12.7 Å². The van der Waals surface area contributed by atoms with E-state index in [-0.39, 0.29) is 17.8 Å². The third-order valence-corrected chi connectivity index (χ3v) is 8.77. The molecule has 2 aliphatic heterocycles. The zero-order valence-corrected chi connectivity index (χ0v) is 28.2. The highest BCUT2D eigenvalue weighted by atomic mass is 19.4. The molecule has 0 radical (unpaired) electrons. The number of piperazine rings is 2. The van der Waals surface area contributed by atoms with E-state index in [2.05, 4.69) is 52.6 Å². The second kappa shape index (κ2) is 15.7. The Kier molecular flexibility index (Phi) is 11.0. The molecule has 0 spiro atoms. The molecule has 0 bridgehead atoms. The number of alkyl halides is 3. The molecule has 2 saturated heterocycles. The van der Waals surface area contributed by atoms with Crippen molar-refractivity contribution in [3.8, 4) is 0 Å². The van der Waals surface area contributed by atoms with Gasteiger partial charge in [-0.2, -0.15) is 13.2 Å². The number of aromatic nitrogens is 4. The van der Waals surface area contributed by atoms with E-state index in [9.17, 15) is 18.0 Å². The summed E-state index contributed by atoms with van der Waals surface area (Å²) in [5.41, 5.74) is 1.17. The molecule has 3 N–H and O–H groups in total. The zero-order valence-electron chi connectivity index (χ0n) is 28.2. The summed E-state index contributed by atoms with van der Waals surface area (Å²) in [7, 11) is 0. The standard InChI is InChI=1S/C36H41F3N10O/c1-3-47-15-17-48(18-16-47)24-28-8-10-29(20-31(28)36(37,38)39)45-35(50)27-6-4-5-26(19-27)7-9-30-22-42-33(23-41-30)46-32-21-34(44-25(2)43-32)49-13-11-40-12-14-49/h4-10,19-23,40H,3,11-18,24H2,1-2H3,(H,45,50)(H,42,43,44,46)/b9-7+. The molecule has 2 fully saturated rings. The number of carbonyl (C=O) groups is 1. The van der Waals surface area contributed by atoms with Crippen molar-refractivity contribution in [2.24, 2.45) is 0 Å². The molecule has 262 valence electrons. The summed E-state index contributed by atoms with van der Waals surface area (Å²) in [5.74, 6) is 2.17. The van der Waals surface area contributed by atoms with E-state index in [1.807, 2.05) is 24.0 Å². The van der Waals surface area contributed by atoms with E-state index in [0.29, 0.717) is 47.4 Å². The lowest BCUT2D eigenvalue weighted by Gasteiger charge is -2.34. The van der Waals surface area contributed by atoms with Gasteiger partial charge in [-0.3, -0.25) is 14.7 Å². The number of amides is 1. The number of carbonyl (C=O) groups excluding carboxylic acids is 1. The van der Waals surface area contributed by atoms with Gasteiger partial charge >= 0.3 is 6.18 Å². The van der Waals surface area contributed by atoms with Gasteiger partial charge in [-0.15, -0.1) is 0 Å². The second-order valence-electron chi connectivity index (χ2n) is 12.3. The van der Waals surface area contributed by atoms with Gasteiger partial charge in [-0.1, -0.05) is 31.2 Å². The van der Waals surface area contributed by atoms with Gasteiger partial charge in [0.1, 0.15) is 23.3 Å². The van der Waals surface area contributed by atoms with Crippen molar-refractivity contribution >= 4 is 41.2 Å². The molecule has 50 heavy (non-hydrogen) atoms. The minimum absolute atomic E-state index is 0.0870. The van der Waals surface area contributed by atoms with E-state index in [1.54, 1.807) is 42.7 Å². The van der Waals surface area contributed by atoms with Crippen LogP contribution in [0.3, 0.4) is 0 Å². The van der Waals surface area contributed by atoms with E-state index in [4.69, 9.17) is 0 Å². The Morgan fingerprint density at radius 3 is 2.40 bits per heavy atom. The summed E-state index contributed by atoms with van der Waals surface area (Å²) in [5, 5.41) is 9.18. The Hall–Kier alpha value is -4.92. The van der Waals surface area contributed by atoms with Crippen molar-refractivity contribution in [1.29, 1.82) is 0 Å². The molecule has 2 aromatic heterocycles. The lowest BCUT2D eigenvalue weighted by molar-refractivity contribution is -0.138. The van der Waals surface area contributed by atoms with Gasteiger partial charge in [-0.05, 0) is 54.9 Å². The van der Waals surface area contributed by atoms with Crippen LogP contribution in [0, 0.1) is 6.92 Å². The Balaban J connectivity index is 1.08. The molecule has 0 unspecified atom stereocenters. The monoisotopic (exact) mass is 686 g/mol. The minimum atomic E-state index is -4.55. The lowest BCUT2D eigenvalue weighted by Crippen LogP contribution is -2.45. The van der Waals surface area contributed by atoms with Crippen LogP contribution in [-0.4, -0.2) is 94.5 Å². The minimum Gasteiger partial charge on any atom is -0.354 e. The van der Waals surface area contributed by atoms with Gasteiger partial charge in [0.25, 0.3) is 5.91 Å². The fourth-order valence-corrected chi connectivity index (χ4v) is 6.02. The number of hydrogen-bond acceptors (Lipinski definition) is 10. The highest BCUT2D eigenvalue weighted by Gasteiger charge is 2.34. The van der Waals surface area contributed by atoms with Gasteiger partial charge < -0.3 is 25.8 Å². The molecular formula is C36H41F3N10O. The molecular weight excluding hydrogens is 645 g/mol. The average Bonchev–Trinajstić information content (AvgIpc) is 3.12. The number of halogens is 3. The quantitative estimate of drug-likeness (QED) is 0.203. The predicted octanol–water partition coefficient (Wildman–Crippen LogP) is 5.31. The number of rotatable bonds is 10. The zero-order chi connectivity index (χ0) is 35.1. The normalized spacial score (nSPS) is 16.1. The van der Waals surface area contributed by atoms with Gasteiger partial charge in [0.15, 0.2) is 0 Å².